The molecule has 2 atom stereocenters. The first kappa shape index (κ1) is 13.7. The lowest BCUT2D eigenvalue weighted by molar-refractivity contribution is 0.465. The van der Waals surface area contributed by atoms with Crippen LogP contribution in [-0.4, -0.2) is 5.11 Å². The summed E-state index contributed by atoms with van der Waals surface area (Å²) in [4.78, 5) is 0. The minimum absolute atomic E-state index is 0.293. The lowest BCUT2D eigenvalue weighted by atomic mass is 10.0. The Morgan fingerprint density at radius 1 is 1.20 bits per heavy atom. The number of fused-ring (bicyclic) bond motifs is 1. The van der Waals surface area contributed by atoms with Gasteiger partial charge in [0.1, 0.15) is 5.75 Å². The van der Waals surface area contributed by atoms with Gasteiger partial charge in [0.25, 0.3) is 0 Å². The summed E-state index contributed by atoms with van der Waals surface area (Å²) < 4.78 is 1.10. The van der Waals surface area contributed by atoms with Crippen LogP contribution in [0.15, 0.2) is 46.9 Å². The fourth-order valence-electron chi connectivity index (χ4n) is 2.96. The van der Waals surface area contributed by atoms with E-state index < -0.39 is 0 Å². The number of phenolic OH excluding ortho intramolecular Hbond substituents is 1. The van der Waals surface area contributed by atoms with Crippen molar-refractivity contribution in [2.24, 2.45) is 0 Å². The average Bonchev–Trinajstić information content (AvgIpc) is 2.84. The molecule has 3 rings (SSSR count). The average molecular weight is 332 g/mol. The summed E-state index contributed by atoms with van der Waals surface area (Å²) in [5, 5.41) is 13.6. The Hall–Kier alpha value is -1.32. The van der Waals surface area contributed by atoms with Gasteiger partial charge in [0.2, 0.25) is 0 Å². The normalized spacial score (nSPS) is 18.8. The molecule has 2 nitrogen and oxygen atoms in total. The molecule has 0 saturated carbocycles. The van der Waals surface area contributed by atoms with E-state index in [1.54, 1.807) is 6.07 Å². The number of phenols is 1. The zero-order valence-electron chi connectivity index (χ0n) is 11.4. The number of nitrogens with one attached hydrogen (secondary N) is 1. The molecule has 0 radical (unpaired) electrons. The Bertz CT molecular complexity index is 609. The Labute approximate surface area is 128 Å². The molecule has 0 aromatic heterocycles. The molecular weight excluding hydrogens is 314 g/mol. The van der Waals surface area contributed by atoms with Crippen molar-refractivity contribution in [3.63, 3.8) is 0 Å². The summed E-state index contributed by atoms with van der Waals surface area (Å²) in [5.41, 5.74) is 3.63. The summed E-state index contributed by atoms with van der Waals surface area (Å²) in [6.45, 7) is 2.18. The zero-order valence-corrected chi connectivity index (χ0v) is 13.0. The van der Waals surface area contributed by atoms with Crippen molar-refractivity contribution in [3.8, 4) is 5.75 Å². The van der Waals surface area contributed by atoms with Gasteiger partial charge in [-0.3, -0.25) is 0 Å². The molecule has 0 fully saturated rings. The minimum atomic E-state index is 0.293. The van der Waals surface area contributed by atoms with Crippen LogP contribution in [0.3, 0.4) is 0 Å². The van der Waals surface area contributed by atoms with Crippen molar-refractivity contribution >= 4 is 15.9 Å². The van der Waals surface area contributed by atoms with E-state index in [-0.39, 0.29) is 0 Å². The highest BCUT2D eigenvalue weighted by Crippen LogP contribution is 2.37. The van der Waals surface area contributed by atoms with Crippen LogP contribution in [-0.2, 0) is 6.42 Å². The van der Waals surface area contributed by atoms with Crippen LogP contribution in [0.5, 0.6) is 5.75 Å². The molecule has 1 aliphatic rings. The number of hydrogen-bond acceptors (Lipinski definition) is 2. The largest absolute Gasteiger partial charge is 0.508 e. The highest BCUT2D eigenvalue weighted by molar-refractivity contribution is 9.10. The first-order chi connectivity index (χ1) is 9.65. The topological polar surface area (TPSA) is 32.3 Å². The SMILES string of the molecule is C[C@@H](NC1CCc2c(O)cccc21)c1ccc(Br)cc1. The summed E-state index contributed by atoms with van der Waals surface area (Å²) in [7, 11) is 0. The van der Waals surface area contributed by atoms with Gasteiger partial charge in [-0.15, -0.1) is 0 Å². The highest BCUT2D eigenvalue weighted by atomic mass is 79.9. The second-order valence-electron chi connectivity index (χ2n) is 5.38. The molecule has 1 unspecified atom stereocenters. The van der Waals surface area contributed by atoms with Gasteiger partial charge < -0.3 is 10.4 Å². The van der Waals surface area contributed by atoms with Gasteiger partial charge in [0.05, 0.1) is 0 Å². The lowest BCUT2D eigenvalue weighted by Gasteiger charge is -2.21. The van der Waals surface area contributed by atoms with Crippen molar-refractivity contribution in [1.82, 2.24) is 5.32 Å². The standard InChI is InChI=1S/C17H18BrNO/c1-11(12-5-7-13(18)8-6-12)19-16-10-9-15-14(16)3-2-4-17(15)20/h2-8,11,16,19-20H,9-10H2,1H3/t11-,16?/m1/s1. The first-order valence-corrected chi connectivity index (χ1v) is 7.76. The molecule has 2 aromatic carbocycles. The van der Waals surface area contributed by atoms with Gasteiger partial charge in [-0.1, -0.05) is 40.2 Å². The quantitative estimate of drug-likeness (QED) is 0.868. The van der Waals surface area contributed by atoms with Gasteiger partial charge in [-0.05, 0) is 54.7 Å². The van der Waals surface area contributed by atoms with E-state index in [1.165, 1.54) is 11.1 Å². The van der Waals surface area contributed by atoms with Crippen LogP contribution < -0.4 is 5.32 Å². The van der Waals surface area contributed by atoms with E-state index >= 15 is 0 Å². The molecule has 0 spiro atoms. The molecule has 20 heavy (non-hydrogen) atoms. The van der Waals surface area contributed by atoms with E-state index in [0.29, 0.717) is 17.8 Å². The summed E-state index contributed by atoms with van der Waals surface area (Å²) >= 11 is 3.46. The summed E-state index contributed by atoms with van der Waals surface area (Å²) in [6, 6.07) is 14.9. The first-order valence-electron chi connectivity index (χ1n) is 6.97. The molecule has 3 heteroatoms. The van der Waals surface area contributed by atoms with Gasteiger partial charge in [-0.25, -0.2) is 0 Å². The predicted molar refractivity (Wildman–Crippen MR) is 84.9 cm³/mol. The van der Waals surface area contributed by atoms with Crippen molar-refractivity contribution in [2.45, 2.75) is 31.8 Å². The zero-order chi connectivity index (χ0) is 14.1. The van der Waals surface area contributed by atoms with E-state index in [9.17, 15) is 5.11 Å². The van der Waals surface area contributed by atoms with E-state index in [4.69, 9.17) is 0 Å². The summed E-state index contributed by atoms with van der Waals surface area (Å²) in [6.07, 6.45) is 2.00. The van der Waals surface area contributed by atoms with Gasteiger partial charge in [0.15, 0.2) is 0 Å². The Kier molecular flexibility index (Phi) is 3.81. The third-order valence-corrected chi connectivity index (χ3v) is 4.60. The van der Waals surface area contributed by atoms with E-state index in [2.05, 4.69) is 58.5 Å². The molecule has 104 valence electrons. The number of benzene rings is 2. The molecule has 0 amide bonds. The smallest absolute Gasteiger partial charge is 0.119 e. The van der Waals surface area contributed by atoms with E-state index in [0.717, 1.165) is 22.9 Å². The fourth-order valence-corrected chi connectivity index (χ4v) is 3.22. The van der Waals surface area contributed by atoms with Gasteiger partial charge in [0, 0.05) is 16.6 Å². The molecular formula is C17H18BrNO. The van der Waals surface area contributed by atoms with Crippen LogP contribution in [0.25, 0.3) is 0 Å². The maximum atomic E-state index is 9.90. The second kappa shape index (κ2) is 5.58. The fraction of sp³-hybridized carbons (Fsp3) is 0.294. The number of aromatic hydroxyl groups is 1. The Balaban J connectivity index is 1.77. The van der Waals surface area contributed by atoms with Crippen LogP contribution in [0.4, 0.5) is 0 Å². The maximum Gasteiger partial charge on any atom is 0.119 e. The van der Waals surface area contributed by atoms with Crippen molar-refractivity contribution in [1.29, 1.82) is 0 Å². The maximum absolute atomic E-state index is 9.90. The van der Waals surface area contributed by atoms with Gasteiger partial charge in [-0.2, -0.15) is 0 Å². The predicted octanol–water partition coefficient (Wildman–Crippen LogP) is 4.49. The minimum Gasteiger partial charge on any atom is -0.508 e. The molecule has 1 aliphatic carbocycles. The number of rotatable bonds is 3. The van der Waals surface area contributed by atoms with Crippen LogP contribution in [0, 0.1) is 0 Å². The van der Waals surface area contributed by atoms with Crippen molar-refractivity contribution in [2.75, 3.05) is 0 Å². The van der Waals surface area contributed by atoms with Crippen LogP contribution in [0.2, 0.25) is 0 Å². The van der Waals surface area contributed by atoms with Crippen molar-refractivity contribution in [3.05, 3.63) is 63.6 Å². The number of hydrogen-bond donors (Lipinski definition) is 2. The van der Waals surface area contributed by atoms with E-state index in [1.807, 2.05) is 6.07 Å². The van der Waals surface area contributed by atoms with Crippen LogP contribution >= 0.6 is 15.9 Å². The second-order valence-corrected chi connectivity index (χ2v) is 6.29. The number of halogens is 1. The molecule has 0 aliphatic heterocycles. The third-order valence-electron chi connectivity index (χ3n) is 4.07. The monoisotopic (exact) mass is 331 g/mol. The molecule has 0 saturated heterocycles. The molecule has 0 heterocycles. The highest BCUT2D eigenvalue weighted by Gasteiger charge is 2.25. The Morgan fingerprint density at radius 3 is 2.70 bits per heavy atom. The lowest BCUT2D eigenvalue weighted by Crippen LogP contribution is -2.22. The third kappa shape index (κ3) is 2.60. The van der Waals surface area contributed by atoms with Crippen LogP contribution in [0.1, 0.15) is 42.1 Å². The molecule has 0 bridgehead atoms. The molecule has 2 aromatic rings. The Morgan fingerprint density at radius 2 is 1.95 bits per heavy atom. The van der Waals surface area contributed by atoms with Gasteiger partial charge >= 0.3 is 0 Å². The molecule has 2 N–H and O–H groups in total. The van der Waals surface area contributed by atoms with Crippen molar-refractivity contribution < 1.29 is 5.11 Å². The summed E-state index contributed by atoms with van der Waals surface area (Å²) in [5.74, 6) is 0.433.